The first-order valence-electron chi connectivity index (χ1n) is 11.8. The molecule has 0 aliphatic heterocycles. The van der Waals surface area contributed by atoms with Crippen molar-refractivity contribution < 1.29 is 9.47 Å². The van der Waals surface area contributed by atoms with Gasteiger partial charge in [-0.2, -0.15) is 0 Å². The molecule has 0 saturated heterocycles. The molecular formula is C28H42NO2P. The van der Waals surface area contributed by atoms with Gasteiger partial charge in [0, 0.05) is 31.1 Å². The lowest BCUT2D eigenvalue weighted by atomic mass is 9.80. The molecule has 0 heterocycles. The van der Waals surface area contributed by atoms with Crippen LogP contribution in [0.3, 0.4) is 0 Å². The summed E-state index contributed by atoms with van der Waals surface area (Å²) in [7, 11) is 4.16. The van der Waals surface area contributed by atoms with Gasteiger partial charge < -0.3 is 9.47 Å². The van der Waals surface area contributed by atoms with Crippen molar-refractivity contribution in [2.24, 2.45) is 4.99 Å². The van der Waals surface area contributed by atoms with Gasteiger partial charge in [0.2, 0.25) is 0 Å². The van der Waals surface area contributed by atoms with Crippen LogP contribution in [0.5, 0.6) is 5.75 Å². The second-order valence-electron chi connectivity index (χ2n) is 9.61. The maximum Gasteiger partial charge on any atom is 0.188 e. The van der Waals surface area contributed by atoms with E-state index in [4.69, 9.17) is 9.47 Å². The van der Waals surface area contributed by atoms with Gasteiger partial charge in [-0.1, -0.05) is 92.4 Å². The molecule has 2 aromatic rings. The number of unbranched alkanes of at least 4 members (excludes halogenated alkanes) is 1. The standard InChI is InChI=1S/C28H42NO2P/c1-9-11-16-28(10-2,32-25-15-13-12-14-22(25)19-29-7)24-18-23(27(4,5)6)17-21(3)26(24)31-20-30-8/h12-15,17-19,32H,9-11,16,20H2,1-8H3. The molecule has 0 aliphatic rings. The lowest BCUT2D eigenvalue weighted by molar-refractivity contribution is 0.0493. The maximum absolute atomic E-state index is 6.24. The molecule has 32 heavy (non-hydrogen) atoms. The molecule has 0 saturated carbocycles. The minimum Gasteiger partial charge on any atom is -0.467 e. The predicted molar refractivity (Wildman–Crippen MR) is 142 cm³/mol. The molecule has 0 aromatic heterocycles. The van der Waals surface area contributed by atoms with Crippen LogP contribution < -0.4 is 10.0 Å². The van der Waals surface area contributed by atoms with Gasteiger partial charge in [0.25, 0.3) is 0 Å². The quantitative estimate of drug-likeness (QED) is 0.205. The number of aryl methyl sites for hydroxylation is 1. The normalized spacial score (nSPS) is 14.4. The van der Waals surface area contributed by atoms with Gasteiger partial charge in [0.05, 0.1) is 0 Å². The predicted octanol–water partition coefficient (Wildman–Crippen LogP) is 7.12. The smallest absolute Gasteiger partial charge is 0.188 e. The van der Waals surface area contributed by atoms with E-state index in [1.807, 2.05) is 13.3 Å². The van der Waals surface area contributed by atoms with E-state index in [0.717, 1.165) is 18.6 Å². The van der Waals surface area contributed by atoms with E-state index < -0.39 is 0 Å². The summed E-state index contributed by atoms with van der Waals surface area (Å²) in [5.74, 6) is 0.993. The van der Waals surface area contributed by atoms with Crippen LogP contribution >= 0.6 is 8.58 Å². The Morgan fingerprint density at radius 1 is 1.09 bits per heavy atom. The number of hydrogen-bond donors (Lipinski definition) is 0. The number of benzene rings is 2. The number of rotatable bonds is 11. The van der Waals surface area contributed by atoms with Gasteiger partial charge in [-0.05, 0) is 47.2 Å². The van der Waals surface area contributed by atoms with Crippen molar-refractivity contribution in [3.05, 3.63) is 58.7 Å². The summed E-state index contributed by atoms with van der Waals surface area (Å²) in [6, 6.07) is 13.4. The first kappa shape index (κ1) is 26.6. The van der Waals surface area contributed by atoms with Crippen LogP contribution in [-0.2, 0) is 15.3 Å². The van der Waals surface area contributed by atoms with Crippen molar-refractivity contribution in [3.8, 4) is 5.75 Å². The summed E-state index contributed by atoms with van der Waals surface area (Å²) in [5, 5.41) is 1.37. The molecule has 2 aromatic carbocycles. The first-order valence-corrected chi connectivity index (χ1v) is 12.8. The zero-order chi connectivity index (χ0) is 23.8. The average molecular weight is 456 g/mol. The highest BCUT2D eigenvalue weighted by molar-refractivity contribution is 7.48. The van der Waals surface area contributed by atoms with Crippen molar-refractivity contribution in [3.63, 3.8) is 0 Å². The Morgan fingerprint density at radius 2 is 1.81 bits per heavy atom. The van der Waals surface area contributed by atoms with Crippen LogP contribution in [0.25, 0.3) is 0 Å². The Kier molecular flexibility index (Phi) is 9.92. The monoisotopic (exact) mass is 455 g/mol. The zero-order valence-electron chi connectivity index (χ0n) is 21.3. The third-order valence-electron chi connectivity index (χ3n) is 6.14. The first-order chi connectivity index (χ1) is 15.2. The third kappa shape index (κ3) is 6.42. The molecule has 0 aliphatic carbocycles. The lowest BCUT2D eigenvalue weighted by Crippen LogP contribution is -2.26. The van der Waals surface area contributed by atoms with Crippen LogP contribution in [0, 0.1) is 6.92 Å². The fraction of sp³-hybridized carbons (Fsp3) is 0.536. The number of ether oxygens (including phenoxy) is 2. The second kappa shape index (κ2) is 12.0. The summed E-state index contributed by atoms with van der Waals surface area (Å²) in [5.41, 5.74) is 5.16. The molecule has 2 rings (SSSR count). The van der Waals surface area contributed by atoms with Crippen molar-refractivity contribution >= 4 is 20.1 Å². The fourth-order valence-corrected chi connectivity index (χ4v) is 5.98. The van der Waals surface area contributed by atoms with Gasteiger partial charge >= 0.3 is 0 Å². The molecule has 0 fully saturated rings. The largest absolute Gasteiger partial charge is 0.467 e. The Balaban J connectivity index is 2.76. The number of hydrogen-bond acceptors (Lipinski definition) is 3. The highest BCUT2D eigenvalue weighted by Gasteiger charge is 2.35. The lowest BCUT2D eigenvalue weighted by Gasteiger charge is -2.37. The topological polar surface area (TPSA) is 30.8 Å². The van der Waals surface area contributed by atoms with E-state index >= 15 is 0 Å². The number of methoxy groups -OCH3 is 1. The molecule has 176 valence electrons. The number of aliphatic imine (C=N–C) groups is 1. The average Bonchev–Trinajstić information content (AvgIpc) is 2.76. The highest BCUT2D eigenvalue weighted by Crippen LogP contribution is 2.52. The molecule has 0 N–H and O–H groups in total. The van der Waals surface area contributed by atoms with Crippen molar-refractivity contribution in [1.29, 1.82) is 0 Å². The molecule has 4 heteroatoms. The highest BCUT2D eigenvalue weighted by atomic mass is 31.1. The fourth-order valence-electron chi connectivity index (χ4n) is 4.19. The van der Waals surface area contributed by atoms with Crippen LogP contribution in [0.4, 0.5) is 0 Å². The van der Waals surface area contributed by atoms with E-state index in [0.29, 0.717) is 8.58 Å². The van der Waals surface area contributed by atoms with E-state index in [1.165, 1.54) is 40.4 Å². The Labute approximate surface area is 197 Å². The molecule has 0 bridgehead atoms. The molecule has 2 atom stereocenters. The number of nitrogens with zero attached hydrogens (tertiary/aromatic N) is 1. The van der Waals surface area contributed by atoms with E-state index in [9.17, 15) is 0 Å². The van der Waals surface area contributed by atoms with Crippen LogP contribution in [0.15, 0.2) is 41.4 Å². The van der Waals surface area contributed by atoms with E-state index in [1.54, 1.807) is 7.11 Å². The van der Waals surface area contributed by atoms with E-state index in [2.05, 4.69) is 82.9 Å². The van der Waals surface area contributed by atoms with Gasteiger partial charge in [0.15, 0.2) is 6.79 Å². The molecule has 0 amide bonds. The summed E-state index contributed by atoms with van der Waals surface area (Å²) >= 11 is 0. The SMILES string of the molecule is CCCCC(CC)(Pc1ccccc1C=NC)c1cc(C(C)(C)C)cc(C)c1OCOC. The summed E-state index contributed by atoms with van der Waals surface area (Å²) in [6.45, 7) is 13.9. The Morgan fingerprint density at radius 3 is 2.41 bits per heavy atom. The maximum atomic E-state index is 6.24. The van der Waals surface area contributed by atoms with Crippen LogP contribution in [-0.4, -0.2) is 27.2 Å². The van der Waals surface area contributed by atoms with Crippen molar-refractivity contribution in [2.45, 2.75) is 77.8 Å². The zero-order valence-corrected chi connectivity index (χ0v) is 22.3. The van der Waals surface area contributed by atoms with Crippen LogP contribution in [0.2, 0.25) is 0 Å². The van der Waals surface area contributed by atoms with Crippen molar-refractivity contribution in [1.82, 2.24) is 0 Å². The summed E-state index contributed by atoms with van der Waals surface area (Å²) < 4.78 is 11.6. The van der Waals surface area contributed by atoms with Crippen molar-refractivity contribution in [2.75, 3.05) is 21.0 Å². The van der Waals surface area contributed by atoms with Gasteiger partial charge in [-0.3, -0.25) is 4.99 Å². The van der Waals surface area contributed by atoms with Crippen LogP contribution in [0.1, 0.15) is 82.6 Å². The molecular weight excluding hydrogens is 413 g/mol. The minimum absolute atomic E-state index is 0.00277. The minimum atomic E-state index is 0.00277. The molecule has 2 unspecified atom stereocenters. The molecule has 0 radical (unpaired) electrons. The summed E-state index contributed by atoms with van der Waals surface area (Å²) in [6.07, 6.45) is 6.54. The second-order valence-corrected chi connectivity index (χ2v) is 11.4. The van der Waals surface area contributed by atoms with Gasteiger partial charge in [0.1, 0.15) is 5.75 Å². The Bertz CT molecular complexity index is 901. The Hall–Kier alpha value is -1.70. The molecule has 0 spiro atoms. The molecule has 3 nitrogen and oxygen atoms in total. The summed E-state index contributed by atoms with van der Waals surface area (Å²) in [4.78, 5) is 4.31. The van der Waals surface area contributed by atoms with Gasteiger partial charge in [-0.25, -0.2) is 0 Å². The van der Waals surface area contributed by atoms with E-state index in [-0.39, 0.29) is 17.4 Å². The third-order valence-corrected chi connectivity index (χ3v) is 8.22. The van der Waals surface area contributed by atoms with Gasteiger partial charge in [-0.15, -0.1) is 0 Å².